The molecule has 0 aliphatic carbocycles. The van der Waals surface area contributed by atoms with E-state index >= 15 is 0 Å². The largest absolute Gasteiger partial charge is 0.336 e. The van der Waals surface area contributed by atoms with Crippen LogP contribution in [-0.2, 0) is 13.0 Å². The highest BCUT2D eigenvalue weighted by Gasteiger charge is 2.11. The maximum Gasteiger partial charge on any atom is 0.315 e. The summed E-state index contributed by atoms with van der Waals surface area (Å²) in [6, 6.07) is 13.2. The van der Waals surface area contributed by atoms with Gasteiger partial charge in [0.05, 0.1) is 10.2 Å². The fraction of sp³-hybridized carbons (Fsp3) is 0.286. The summed E-state index contributed by atoms with van der Waals surface area (Å²) in [5.41, 5.74) is 3.60. The van der Waals surface area contributed by atoms with Gasteiger partial charge in [0.15, 0.2) is 5.13 Å². The second-order valence-electron chi connectivity index (χ2n) is 6.81. The van der Waals surface area contributed by atoms with E-state index in [9.17, 15) is 9.59 Å². The van der Waals surface area contributed by atoms with E-state index < -0.39 is 0 Å². The van der Waals surface area contributed by atoms with Crippen LogP contribution in [-0.4, -0.2) is 23.0 Å². The second kappa shape index (κ2) is 8.84. The Bertz CT molecular complexity index is 980. The SMILES string of the molecule is CCc1ccc2nc(NC(=O)c3ccc(CNC(=O)NC(C)C)cc3)sc2c1. The molecular formula is C21H24N4O2S. The Morgan fingerprint density at radius 2 is 1.79 bits per heavy atom. The van der Waals surface area contributed by atoms with Gasteiger partial charge in [0, 0.05) is 18.2 Å². The first kappa shape index (κ1) is 19.8. The Kier molecular flexibility index (Phi) is 6.26. The molecule has 146 valence electrons. The van der Waals surface area contributed by atoms with Crippen molar-refractivity contribution in [3.05, 3.63) is 59.2 Å². The summed E-state index contributed by atoms with van der Waals surface area (Å²) in [5, 5.41) is 9.00. The van der Waals surface area contributed by atoms with Gasteiger partial charge >= 0.3 is 6.03 Å². The summed E-state index contributed by atoms with van der Waals surface area (Å²) >= 11 is 1.47. The first-order valence-electron chi connectivity index (χ1n) is 9.28. The van der Waals surface area contributed by atoms with E-state index in [-0.39, 0.29) is 18.0 Å². The van der Waals surface area contributed by atoms with Gasteiger partial charge in [-0.05, 0) is 55.7 Å². The van der Waals surface area contributed by atoms with E-state index in [1.54, 1.807) is 12.1 Å². The zero-order chi connectivity index (χ0) is 20.1. The molecule has 0 saturated carbocycles. The lowest BCUT2D eigenvalue weighted by Gasteiger charge is -2.10. The number of hydrogen-bond donors (Lipinski definition) is 3. The van der Waals surface area contributed by atoms with E-state index in [0.717, 1.165) is 22.2 Å². The number of hydrogen-bond acceptors (Lipinski definition) is 4. The molecule has 2 aromatic carbocycles. The average molecular weight is 397 g/mol. The normalized spacial score (nSPS) is 10.9. The molecule has 3 aromatic rings. The van der Waals surface area contributed by atoms with Crippen molar-refractivity contribution < 1.29 is 9.59 Å². The molecule has 0 fully saturated rings. The highest BCUT2D eigenvalue weighted by atomic mass is 32.1. The van der Waals surface area contributed by atoms with E-state index in [1.165, 1.54) is 16.9 Å². The Morgan fingerprint density at radius 1 is 1.07 bits per heavy atom. The Balaban J connectivity index is 1.61. The van der Waals surface area contributed by atoms with Crippen molar-refractivity contribution >= 4 is 38.6 Å². The standard InChI is InChI=1S/C21H24N4O2S/c1-4-14-7-10-17-18(11-14)28-21(24-17)25-19(26)16-8-5-15(6-9-16)12-22-20(27)23-13(2)3/h5-11,13H,4,12H2,1-3H3,(H2,22,23,27)(H,24,25,26). The molecule has 28 heavy (non-hydrogen) atoms. The smallest absolute Gasteiger partial charge is 0.315 e. The third-order valence-electron chi connectivity index (χ3n) is 4.17. The number of urea groups is 1. The van der Waals surface area contributed by atoms with Crippen molar-refractivity contribution in [2.75, 3.05) is 5.32 Å². The molecule has 0 saturated heterocycles. The van der Waals surface area contributed by atoms with E-state index in [1.807, 2.05) is 32.0 Å². The maximum atomic E-state index is 12.5. The molecule has 0 aliphatic rings. The van der Waals surface area contributed by atoms with Gasteiger partial charge in [0.25, 0.3) is 5.91 Å². The molecule has 3 rings (SSSR count). The van der Waals surface area contributed by atoms with Crippen LogP contribution in [0, 0.1) is 0 Å². The predicted molar refractivity (Wildman–Crippen MR) is 114 cm³/mol. The Hall–Kier alpha value is -2.93. The molecule has 0 spiro atoms. The first-order chi connectivity index (χ1) is 13.4. The number of rotatable bonds is 6. The van der Waals surface area contributed by atoms with E-state index in [2.05, 4.69) is 40.0 Å². The zero-order valence-corrected chi connectivity index (χ0v) is 17.0. The summed E-state index contributed by atoms with van der Waals surface area (Å²) in [7, 11) is 0. The Morgan fingerprint density at radius 3 is 2.46 bits per heavy atom. The number of aryl methyl sites for hydroxylation is 1. The van der Waals surface area contributed by atoms with E-state index in [4.69, 9.17) is 0 Å². The number of benzene rings is 2. The van der Waals surface area contributed by atoms with Gasteiger partial charge in [-0.15, -0.1) is 0 Å². The molecule has 6 nitrogen and oxygen atoms in total. The number of amides is 3. The van der Waals surface area contributed by atoms with Crippen LogP contribution in [0.15, 0.2) is 42.5 Å². The highest BCUT2D eigenvalue weighted by molar-refractivity contribution is 7.22. The van der Waals surface area contributed by atoms with Crippen molar-refractivity contribution in [3.63, 3.8) is 0 Å². The molecule has 0 bridgehead atoms. The maximum absolute atomic E-state index is 12.5. The fourth-order valence-corrected chi connectivity index (χ4v) is 3.61. The third kappa shape index (κ3) is 5.07. The summed E-state index contributed by atoms with van der Waals surface area (Å²) in [6.07, 6.45) is 0.968. The summed E-state index contributed by atoms with van der Waals surface area (Å²) < 4.78 is 1.07. The van der Waals surface area contributed by atoms with Crippen LogP contribution in [0.1, 0.15) is 42.3 Å². The summed E-state index contributed by atoms with van der Waals surface area (Å²) in [6.45, 7) is 6.32. The molecule has 0 aliphatic heterocycles. The van der Waals surface area contributed by atoms with Crippen molar-refractivity contribution in [1.29, 1.82) is 0 Å². The number of carbonyl (C=O) groups excluding carboxylic acids is 2. The van der Waals surface area contributed by atoms with Crippen LogP contribution in [0.25, 0.3) is 10.2 Å². The topological polar surface area (TPSA) is 83.1 Å². The van der Waals surface area contributed by atoms with Gasteiger partial charge in [0.2, 0.25) is 0 Å². The van der Waals surface area contributed by atoms with Crippen LogP contribution >= 0.6 is 11.3 Å². The van der Waals surface area contributed by atoms with Gasteiger partial charge in [-0.1, -0.05) is 36.5 Å². The summed E-state index contributed by atoms with van der Waals surface area (Å²) in [5.74, 6) is -0.202. The minimum absolute atomic E-state index is 0.0853. The molecule has 1 heterocycles. The average Bonchev–Trinajstić information content (AvgIpc) is 3.07. The van der Waals surface area contributed by atoms with Gasteiger partial charge in [0.1, 0.15) is 0 Å². The van der Waals surface area contributed by atoms with Gasteiger partial charge in [-0.2, -0.15) is 0 Å². The predicted octanol–water partition coefficient (Wildman–Crippen LogP) is 4.32. The van der Waals surface area contributed by atoms with Gasteiger partial charge in [-0.25, -0.2) is 9.78 Å². The fourth-order valence-electron chi connectivity index (χ4n) is 2.68. The van der Waals surface area contributed by atoms with E-state index in [0.29, 0.717) is 17.2 Å². The van der Waals surface area contributed by atoms with Crippen LogP contribution < -0.4 is 16.0 Å². The lowest BCUT2D eigenvalue weighted by Crippen LogP contribution is -2.39. The summed E-state index contributed by atoms with van der Waals surface area (Å²) in [4.78, 5) is 28.6. The zero-order valence-electron chi connectivity index (χ0n) is 16.2. The van der Waals surface area contributed by atoms with Crippen molar-refractivity contribution in [3.8, 4) is 0 Å². The second-order valence-corrected chi connectivity index (χ2v) is 7.84. The number of anilines is 1. The molecule has 7 heteroatoms. The van der Waals surface area contributed by atoms with Gasteiger partial charge in [-0.3, -0.25) is 10.1 Å². The molecule has 0 unspecified atom stereocenters. The minimum Gasteiger partial charge on any atom is -0.336 e. The quantitative estimate of drug-likeness (QED) is 0.580. The number of fused-ring (bicyclic) bond motifs is 1. The number of nitrogens with one attached hydrogen (secondary N) is 3. The monoisotopic (exact) mass is 396 g/mol. The van der Waals surface area contributed by atoms with Crippen molar-refractivity contribution in [2.24, 2.45) is 0 Å². The van der Waals surface area contributed by atoms with Crippen molar-refractivity contribution in [2.45, 2.75) is 39.8 Å². The number of aromatic nitrogens is 1. The number of thiazole rings is 1. The molecule has 3 amide bonds. The van der Waals surface area contributed by atoms with Gasteiger partial charge < -0.3 is 10.6 Å². The number of carbonyl (C=O) groups is 2. The first-order valence-corrected chi connectivity index (χ1v) is 10.1. The molecule has 0 atom stereocenters. The van der Waals surface area contributed by atoms with Crippen LogP contribution in [0.2, 0.25) is 0 Å². The lowest BCUT2D eigenvalue weighted by atomic mass is 10.1. The molecule has 0 radical (unpaired) electrons. The molecule has 1 aromatic heterocycles. The van der Waals surface area contributed by atoms with Crippen LogP contribution in [0.3, 0.4) is 0 Å². The van der Waals surface area contributed by atoms with Crippen LogP contribution in [0.4, 0.5) is 9.93 Å². The Labute approximate surface area is 168 Å². The highest BCUT2D eigenvalue weighted by Crippen LogP contribution is 2.27. The third-order valence-corrected chi connectivity index (χ3v) is 5.10. The number of nitrogens with zero attached hydrogens (tertiary/aromatic N) is 1. The molecular weight excluding hydrogens is 372 g/mol. The minimum atomic E-state index is -0.209. The molecule has 3 N–H and O–H groups in total. The van der Waals surface area contributed by atoms with Crippen LogP contribution in [0.5, 0.6) is 0 Å². The van der Waals surface area contributed by atoms with Crippen molar-refractivity contribution in [1.82, 2.24) is 15.6 Å². The lowest BCUT2D eigenvalue weighted by molar-refractivity contribution is 0.102.